The molecule has 2 aliphatic rings. The molecule has 2 fully saturated rings. The zero-order valence-electron chi connectivity index (χ0n) is 17.4. The van der Waals surface area contributed by atoms with E-state index in [1.165, 1.54) is 29.2 Å². The number of amides is 1. The Hall–Kier alpha value is -2.31. The van der Waals surface area contributed by atoms with Gasteiger partial charge >= 0.3 is 0 Å². The summed E-state index contributed by atoms with van der Waals surface area (Å²) in [4.78, 5) is 13.2. The molecule has 2 aliphatic heterocycles. The van der Waals surface area contributed by atoms with E-state index in [1.807, 2.05) is 30.3 Å². The van der Waals surface area contributed by atoms with Crippen molar-refractivity contribution in [2.45, 2.75) is 17.4 Å². The molecule has 0 aliphatic carbocycles. The Balaban J connectivity index is 1.51. The second-order valence-corrected chi connectivity index (χ2v) is 11.5. The Morgan fingerprint density at radius 1 is 1.03 bits per heavy atom. The first kappa shape index (κ1) is 22.9. The van der Waals surface area contributed by atoms with Crippen LogP contribution in [0.25, 0.3) is 0 Å². The molecule has 9 nitrogen and oxygen atoms in total. The van der Waals surface area contributed by atoms with Crippen LogP contribution in [0.3, 0.4) is 0 Å². The van der Waals surface area contributed by atoms with Crippen molar-refractivity contribution in [1.82, 2.24) is 4.72 Å². The van der Waals surface area contributed by atoms with E-state index in [2.05, 4.69) is 4.72 Å². The van der Waals surface area contributed by atoms with Gasteiger partial charge in [0.25, 0.3) is 0 Å². The zero-order valence-corrected chi connectivity index (χ0v) is 19.1. The number of nitrogens with zero attached hydrogens (tertiary/aromatic N) is 1. The monoisotopic (exact) mass is 480 g/mol. The van der Waals surface area contributed by atoms with E-state index < -0.39 is 26.0 Å². The van der Waals surface area contributed by atoms with Gasteiger partial charge < -0.3 is 9.64 Å². The van der Waals surface area contributed by atoms with Crippen molar-refractivity contribution in [2.24, 2.45) is 0 Å². The molecule has 0 saturated carbocycles. The van der Waals surface area contributed by atoms with Gasteiger partial charge in [0, 0.05) is 12.0 Å². The summed E-state index contributed by atoms with van der Waals surface area (Å²) in [6, 6.07) is 15.0. The number of quaternary nitrogens is 1. The number of hydrogen-bond donors (Lipinski definition) is 2. The van der Waals surface area contributed by atoms with E-state index in [1.54, 1.807) is 0 Å². The summed E-state index contributed by atoms with van der Waals surface area (Å²) in [6.07, 6.45) is -0.0747. The number of carbonyl (C=O) groups excluding carboxylic acids is 1. The van der Waals surface area contributed by atoms with Crippen molar-refractivity contribution in [3.8, 4) is 0 Å². The predicted octanol–water partition coefficient (Wildman–Crippen LogP) is -0.312. The van der Waals surface area contributed by atoms with Crippen LogP contribution >= 0.6 is 0 Å². The predicted molar refractivity (Wildman–Crippen MR) is 118 cm³/mol. The van der Waals surface area contributed by atoms with Crippen LogP contribution in [0.2, 0.25) is 0 Å². The third kappa shape index (κ3) is 4.86. The highest BCUT2D eigenvalue weighted by Crippen LogP contribution is 2.26. The number of morpholine rings is 1. The highest BCUT2D eigenvalue weighted by Gasteiger charge is 2.36. The van der Waals surface area contributed by atoms with E-state index in [4.69, 9.17) is 4.74 Å². The maximum absolute atomic E-state index is 12.9. The fourth-order valence-electron chi connectivity index (χ4n) is 4.07. The van der Waals surface area contributed by atoms with E-state index in [9.17, 15) is 21.6 Å². The lowest BCUT2D eigenvalue weighted by molar-refractivity contribution is -0.937. The SMILES string of the molecule is O=C1CCS(=O)(=O)N1c1ccc(S(=O)(=O)NCC(c2ccccc2)[NH+]2CCOCC2)cc1. The lowest BCUT2D eigenvalue weighted by Gasteiger charge is -2.32. The van der Waals surface area contributed by atoms with Gasteiger partial charge in [-0.05, 0) is 24.3 Å². The Bertz CT molecular complexity index is 1160. The summed E-state index contributed by atoms with van der Waals surface area (Å²) >= 11 is 0. The lowest BCUT2D eigenvalue weighted by atomic mass is 10.1. The molecule has 0 spiro atoms. The van der Waals surface area contributed by atoms with Crippen molar-refractivity contribution < 1.29 is 31.3 Å². The summed E-state index contributed by atoms with van der Waals surface area (Å²) in [6.45, 7) is 3.04. The van der Waals surface area contributed by atoms with Crippen molar-refractivity contribution in [3.05, 3.63) is 60.2 Å². The number of hydrogen-bond acceptors (Lipinski definition) is 6. The molecule has 2 aromatic rings. The number of benzene rings is 2. The third-order valence-corrected chi connectivity index (χ3v) is 8.90. The smallest absolute Gasteiger partial charge is 0.242 e. The normalized spacial score (nSPS) is 20.4. The first-order valence-corrected chi connectivity index (χ1v) is 13.5. The first-order valence-electron chi connectivity index (χ1n) is 10.4. The molecule has 1 unspecified atom stereocenters. The molecule has 2 aromatic carbocycles. The van der Waals surface area contributed by atoms with Gasteiger partial charge in [0.05, 0.1) is 36.1 Å². The Labute approximate surface area is 188 Å². The minimum Gasteiger partial charge on any atom is -0.370 e. The molecule has 2 saturated heterocycles. The first-order chi connectivity index (χ1) is 15.3. The highest BCUT2D eigenvalue weighted by atomic mass is 32.2. The van der Waals surface area contributed by atoms with E-state index >= 15 is 0 Å². The maximum Gasteiger partial charge on any atom is 0.242 e. The van der Waals surface area contributed by atoms with E-state index in [0.717, 1.165) is 23.0 Å². The second-order valence-electron chi connectivity index (χ2n) is 7.80. The standard InChI is InChI=1S/C21H25N3O6S2/c25-21-10-15-31(26,27)24(21)18-6-8-19(9-7-18)32(28,29)22-16-20(17-4-2-1-3-5-17)23-11-13-30-14-12-23/h1-9,20,22H,10-16H2/p+1. The molecule has 0 bridgehead atoms. The summed E-state index contributed by atoms with van der Waals surface area (Å²) in [5.74, 6) is -0.754. The van der Waals surface area contributed by atoms with Gasteiger partial charge in [0.2, 0.25) is 26.0 Å². The number of nitrogens with one attached hydrogen (secondary N) is 2. The van der Waals surface area contributed by atoms with Gasteiger partial charge in [-0.1, -0.05) is 30.3 Å². The van der Waals surface area contributed by atoms with Crippen LogP contribution < -0.4 is 13.9 Å². The number of carbonyl (C=O) groups is 1. The molecule has 32 heavy (non-hydrogen) atoms. The molecular weight excluding hydrogens is 454 g/mol. The minimum atomic E-state index is -3.83. The molecule has 1 amide bonds. The Kier molecular flexibility index (Phi) is 6.63. The largest absolute Gasteiger partial charge is 0.370 e. The molecular formula is C21H26N3O6S2+. The van der Waals surface area contributed by atoms with Crippen LogP contribution in [-0.2, 0) is 29.6 Å². The van der Waals surface area contributed by atoms with Crippen LogP contribution in [0.4, 0.5) is 5.69 Å². The van der Waals surface area contributed by atoms with Crippen LogP contribution in [0, 0.1) is 0 Å². The van der Waals surface area contributed by atoms with E-state index in [0.29, 0.717) is 13.2 Å². The summed E-state index contributed by atoms with van der Waals surface area (Å²) < 4.78 is 58.9. The molecule has 2 heterocycles. The van der Waals surface area contributed by atoms with Crippen LogP contribution in [-0.4, -0.2) is 61.3 Å². The minimum absolute atomic E-state index is 0.00841. The second kappa shape index (κ2) is 9.28. The maximum atomic E-state index is 12.9. The Morgan fingerprint density at radius 3 is 2.28 bits per heavy atom. The molecule has 4 rings (SSSR count). The molecule has 172 valence electrons. The summed E-state index contributed by atoms with van der Waals surface area (Å²) in [5, 5.41) is 0. The van der Waals surface area contributed by atoms with Crippen molar-refractivity contribution in [1.29, 1.82) is 0 Å². The fraction of sp³-hybridized carbons (Fsp3) is 0.381. The number of rotatable bonds is 7. The van der Waals surface area contributed by atoms with Crippen LogP contribution in [0.5, 0.6) is 0 Å². The fourth-order valence-corrected chi connectivity index (χ4v) is 6.58. The quantitative estimate of drug-likeness (QED) is 0.562. The van der Waals surface area contributed by atoms with Gasteiger partial charge in [0.15, 0.2) is 0 Å². The average Bonchev–Trinajstić information content (AvgIpc) is 3.07. The van der Waals surface area contributed by atoms with Gasteiger partial charge in [-0.25, -0.2) is 25.9 Å². The number of anilines is 1. The van der Waals surface area contributed by atoms with Crippen molar-refractivity contribution in [2.75, 3.05) is 42.9 Å². The Morgan fingerprint density at radius 2 is 1.69 bits per heavy atom. The summed E-state index contributed by atoms with van der Waals surface area (Å²) in [5.41, 5.74) is 1.19. The molecule has 1 atom stereocenters. The third-order valence-electron chi connectivity index (χ3n) is 5.77. The van der Waals surface area contributed by atoms with Crippen molar-refractivity contribution >= 4 is 31.6 Å². The van der Waals surface area contributed by atoms with Gasteiger partial charge in [-0.15, -0.1) is 0 Å². The van der Waals surface area contributed by atoms with Crippen LogP contribution in [0.15, 0.2) is 59.5 Å². The summed E-state index contributed by atoms with van der Waals surface area (Å²) in [7, 11) is -7.53. The lowest BCUT2D eigenvalue weighted by Crippen LogP contribution is -3.15. The average molecular weight is 481 g/mol. The molecule has 0 radical (unpaired) electrons. The highest BCUT2D eigenvalue weighted by molar-refractivity contribution is 7.94. The molecule has 2 N–H and O–H groups in total. The zero-order chi connectivity index (χ0) is 22.8. The van der Waals surface area contributed by atoms with Gasteiger partial charge in [-0.2, -0.15) is 0 Å². The molecule has 11 heteroatoms. The number of ether oxygens (including phenoxy) is 1. The van der Waals surface area contributed by atoms with Crippen LogP contribution in [0.1, 0.15) is 18.0 Å². The topological polar surface area (TPSA) is 114 Å². The number of sulfonamides is 2. The molecule has 0 aromatic heterocycles. The van der Waals surface area contributed by atoms with E-state index in [-0.39, 0.29) is 35.3 Å². The van der Waals surface area contributed by atoms with Gasteiger partial charge in [0.1, 0.15) is 19.1 Å². The van der Waals surface area contributed by atoms with Crippen molar-refractivity contribution in [3.63, 3.8) is 0 Å². The van der Waals surface area contributed by atoms with Gasteiger partial charge in [-0.3, -0.25) is 4.79 Å².